The molecule has 3 nitrogen and oxygen atoms in total. The van der Waals surface area contributed by atoms with Gasteiger partial charge in [0.15, 0.2) is 0 Å². The SMILES string of the molecule is C[C@H]1CCCC[C@H]1NC(=O)c1cc(Sc2ccccc2C(F)(F)F)nc2ccccc12. The van der Waals surface area contributed by atoms with Crippen molar-refractivity contribution < 1.29 is 18.0 Å². The van der Waals surface area contributed by atoms with Gasteiger partial charge in [-0.1, -0.05) is 61.9 Å². The van der Waals surface area contributed by atoms with E-state index in [1.54, 1.807) is 24.3 Å². The number of benzene rings is 2. The van der Waals surface area contributed by atoms with Gasteiger partial charge in [-0.3, -0.25) is 4.79 Å². The van der Waals surface area contributed by atoms with Crippen molar-refractivity contribution in [3.05, 3.63) is 65.7 Å². The van der Waals surface area contributed by atoms with E-state index in [1.807, 2.05) is 12.1 Å². The third kappa shape index (κ3) is 4.87. The zero-order valence-electron chi connectivity index (χ0n) is 17.1. The Labute approximate surface area is 183 Å². The molecule has 0 unspecified atom stereocenters. The molecule has 1 fully saturated rings. The molecular weight excluding hydrogens is 421 g/mol. The van der Waals surface area contributed by atoms with Crippen LogP contribution in [0, 0.1) is 5.92 Å². The van der Waals surface area contributed by atoms with Crippen molar-refractivity contribution in [3.8, 4) is 0 Å². The molecule has 31 heavy (non-hydrogen) atoms. The first-order valence-electron chi connectivity index (χ1n) is 10.4. The van der Waals surface area contributed by atoms with Crippen molar-refractivity contribution in [2.45, 2.75) is 54.7 Å². The number of amides is 1. The highest BCUT2D eigenvalue weighted by molar-refractivity contribution is 7.99. The fraction of sp³-hybridized carbons (Fsp3) is 0.333. The van der Waals surface area contributed by atoms with Gasteiger partial charge in [-0.05, 0) is 43.0 Å². The van der Waals surface area contributed by atoms with E-state index in [2.05, 4.69) is 17.2 Å². The predicted octanol–water partition coefficient (Wildman–Crippen LogP) is 6.71. The lowest BCUT2D eigenvalue weighted by Gasteiger charge is -2.29. The number of pyridine rings is 1. The number of fused-ring (bicyclic) bond motifs is 1. The Balaban J connectivity index is 1.70. The van der Waals surface area contributed by atoms with Crippen molar-refractivity contribution in [2.24, 2.45) is 5.92 Å². The van der Waals surface area contributed by atoms with Gasteiger partial charge in [0.05, 0.1) is 16.6 Å². The van der Waals surface area contributed by atoms with Gasteiger partial charge in [0.1, 0.15) is 5.03 Å². The Hall–Kier alpha value is -2.54. The average molecular weight is 445 g/mol. The molecule has 0 radical (unpaired) electrons. The van der Waals surface area contributed by atoms with Crippen LogP contribution in [0.5, 0.6) is 0 Å². The first-order valence-corrected chi connectivity index (χ1v) is 11.2. The number of rotatable bonds is 4. The summed E-state index contributed by atoms with van der Waals surface area (Å²) >= 11 is 0.923. The number of para-hydroxylation sites is 1. The van der Waals surface area contributed by atoms with Crippen molar-refractivity contribution in [1.82, 2.24) is 10.3 Å². The summed E-state index contributed by atoms with van der Waals surface area (Å²) in [7, 11) is 0. The van der Waals surface area contributed by atoms with Gasteiger partial charge in [-0.2, -0.15) is 13.2 Å². The smallest absolute Gasteiger partial charge is 0.349 e. The van der Waals surface area contributed by atoms with Crippen LogP contribution in [0.3, 0.4) is 0 Å². The maximum atomic E-state index is 13.4. The Bertz CT molecular complexity index is 1100. The van der Waals surface area contributed by atoms with Crippen molar-refractivity contribution >= 4 is 28.6 Å². The maximum absolute atomic E-state index is 13.4. The van der Waals surface area contributed by atoms with Crippen molar-refractivity contribution in [3.63, 3.8) is 0 Å². The zero-order valence-corrected chi connectivity index (χ0v) is 17.9. The summed E-state index contributed by atoms with van der Waals surface area (Å²) in [4.78, 5) is 17.7. The Morgan fingerprint density at radius 1 is 1.06 bits per heavy atom. The number of carbonyl (C=O) groups is 1. The molecule has 0 bridgehead atoms. The summed E-state index contributed by atoms with van der Waals surface area (Å²) in [6.07, 6.45) is -0.182. The number of hydrogen-bond donors (Lipinski definition) is 1. The number of hydrogen-bond acceptors (Lipinski definition) is 3. The minimum atomic E-state index is -4.46. The Morgan fingerprint density at radius 3 is 2.55 bits per heavy atom. The summed E-state index contributed by atoms with van der Waals surface area (Å²) < 4.78 is 40.2. The molecule has 0 saturated heterocycles. The number of alkyl halides is 3. The molecule has 2 atom stereocenters. The highest BCUT2D eigenvalue weighted by atomic mass is 32.2. The van der Waals surface area contributed by atoms with Crippen LogP contribution >= 0.6 is 11.8 Å². The van der Waals surface area contributed by atoms with Gasteiger partial charge in [0.2, 0.25) is 0 Å². The molecule has 1 aliphatic rings. The lowest BCUT2D eigenvalue weighted by Crippen LogP contribution is -2.41. The number of nitrogens with one attached hydrogen (secondary N) is 1. The third-order valence-corrected chi connectivity index (χ3v) is 6.77. The van der Waals surface area contributed by atoms with Crippen molar-refractivity contribution in [2.75, 3.05) is 0 Å². The van der Waals surface area contributed by atoms with Gasteiger partial charge in [0.25, 0.3) is 5.91 Å². The summed E-state index contributed by atoms with van der Waals surface area (Å²) in [6.45, 7) is 2.14. The number of aromatic nitrogens is 1. The van der Waals surface area contributed by atoms with E-state index in [-0.39, 0.29) is 16.8 Å². The van der Waals surface area contributed by atoms with Crippen LogP contribution in [0.1, 0.15) is 48.5 Å². The monoisotopic (exact) mass is 444 g/mol. The topological polar surface area (TPSA) is 42.0 Å². The molecule has 0 spiro atoms. The third-order valence-electron chi connectivity index (χ3n) is 5.77. The lowest BCUT2D eigenvalue weighted by molar-refractivity contribution is -0.139. The van der Waals surface area contributed by atoms with E-state index in [0.717, 1.165) is 37.1 Å². The summed E-state index contributed by atoms with van der Waals surface area (Å²) in [6, 6.07) is 14.3. The molecule has 1 saturated carbocycles. The minimum absolute atomic E-state index is 0.0602. The standard InChI is InChI=1S/C24H23F3N2OS/c1-15-8-2-5-11-19(15)29-23(30)17-14-22(28-20-12-6-3-9-16(17)20)31-21-13-7-4-10-18(21)24(25,26)27/h3-4,6-7,9-10,12-15,19H,2,5,8,11H2,1H3,(H,29,30)/t15-,19+/m0/s1. The van der Waals surface area contributed by atoms with Crippen LogP contribution < -0.4 is 5.32 Å². The molecule has 1 amide bonds. The number of nitrogens with zero attached hydrogens (tertiary/aromatic N) is 1. The highest BCUT2D eigenvalue weighted by Gasteiger charge is 2.33. The molecule has 3 aromatic rings. The van der Waals surface area contributed by atoms with Crippen LogP contribution in [0.15, 0.2) is 64.5 Å². The highest BCUT2D eigenvalue weighted by Crippen LogP contribution is 2.39. The number of halogens is 3. The van der Waals surface area contributed by atoms with Crippen molar-refractivity contribution in [1.29, 1.82) is 0 Å². The molecule has 2 aromatic carbocycles. The normalized spacial score (nSPS) is 19.4. The first-order chi connectivity index (χ1) is 14.8. The van der Waals surface area contributed by atoms with Gasteiger partial charge < -0.3 is 5.32 Å². The second kappa shape index (κ2) is 8.91. The number of carbonyl (C=O) groups excluding carboxylic acids is 1. The predicted molar refractivity (Wildman–Crippen MR) is 116 cm³/mol. The fourth-order valence-electron chi connectivity index (χ4n) is 4.07. The van der Waals surface area contributed by atoms with Crippen LogP contribution in [0.4, 0.5) is 13.2 Å². The molecular formula is C24H23F3N2OS. The second-order valence-corrected chi connectivity index (χ2v) is 9.03. The Morgan fingerprint density at radius 2 is 1.77 bits per heavy atom. The quantitative estimate of drug-likeness (QED) is 0.486. The zero-order chi connectivity index (χ0) is 22.0. The summed E-state index contributed by atoms with van der Waals surface area (Å²) in [5, 5.41) is 4.20. The lowest BCUT2D eigenvalue weighted by atomic mass is 9.86. The molecule has 7 heteroatoms. The average Bonchev–Trinajstić information content (AvgIpc) is 2.74. The van der Waals surface area contributed by atoms with Crippen LogP contribution in [-0.4, -0.2) is 16.9 Å². The van der Waals surface area contributed by atoms with Gasteiger partial charge in [-0.25, -0.2) is 4.98 Å². The van der Waals surface area contributed by atoms with E-state index in [9.17, 15) is 18.0 Å². The molecule has 162 valence electrons. The maximum Gasteiger partial charge on any atom is 0.417 e. The first kappa shape index (κ1) is 21.7. The van der Waals surface area contributed by atoms with E-state index in [1.165, 1.54) is 18.6 Å². The van der Waals surface area contributed by atoms with Gasteiger partial charge in [0, 0.05) is 16.3 Å². The van der Waals surface area contributed by atoms with Gasteiger partial charge >= 0.3 is 6.18 Å². The Kier molecular flexibility index (Phi) is 6.23. The minimum Gasteiger partial charge on any atom is -0.349 e. The van der Waals surface area contributed by atoms with Crippen LogP contribution in [-0.2, 0) is 6.18 Å². The molecule has 1 aromatic heterocycles. The van der Waals surface area contributed by atoms with E-state index >= 15 is 0 Å². The van der Waals surface area contributed by atoms with E-state index < -0.39 is 11.7 Å². The molecule has 0 aliphatic heterocycles. The van der Waals surface area contributed by atoms with Crippen LogP contribution in [0.25, 0.3) is 10.9 Å². The summed E-state index contributed by atoms with van der Waals surface area (Å²) in [5.41, 5.74) is 0.311. The van der Waals surface area contributed by atoms with E-state index in [4.69, 9.17) is 0 Å². The largest absolute Gasteiger partial charge is 0.417 e. The molecule has 1 heterocycles. The van der Waals surface area contributed by atoms with Crippen LogP contribution in [0.2, 0.25) is 0 Å². The van der Waals surface area contributed by atoms with E-state index in [0.29, 0.717) is 27.4 Å². The molecule has 4 rings (SSSR count). The molecule has 1 aliphatic carbocycles. The second-order valence-electron chi connectivity index (χ2n) is 7.96. The van der Waals surface area contributed by atoms with Gasteiger partial charge in [-0.15, -0.1) is 0 Å². The fourth-order valence-corrected chi connectivity index (χ4v) is 5.06. The molecule has 1 N–H and O–H groups in total. The summed E-state index contributed by atoms with van der Waals surface area (Å²) in [5.74, 6) is 0.196.